The molecule has 1 N–H and O–H groups in total. The number of amides is 1. The maximum Gasteiger partial charge on any atom is 0.248 e. The van der Waals surface area contributed by atoms with E-state index in [0.717, 1.165) is 33.0 Å². The highest BCUT2D eigenvalue weighted by atomic mass is 32.1. The second-order valence-corrected chi connectivity index (χ2v) is 6.91. The summed E-state index contributed by atoms with van der Waals surface area (Å²) in [6.07, 6.45) is 7.33. The number of carbonyl (C=O) groups is 1. The van der Waals surface area contributed by atoms with Gasteiger partial charge in [-0.25, -0.2) is 4.98 Å². The molecule has 0 saturated carbocycles. The van der Waals surface area contributed by atoms with Crippen LogP contribution in [-0.4, -0.2) is 15.3 Å². The first-order valence-electron chi connectivity index (χ1n) is 8.27. The first-order valence-corrected chi connectivity index (χ1v) is 9.15. The molecule has 0 aliphatic rings. The summed E-state index contributed by atoms with van der Waals surface area (Å²) in [5, 5.41) is 4.94. The SMILES string of the molecule is Cc1cccn2cc(-c3ccccc3NC(=O)/C=C/c3cccs3)nc12. The topological polar surface area (TPSA) is 46.4 Å². The molecule has 128 valence electrons. The van der Waals surface area contributed by atoms with Crippen LogP contribution in [0.3, 0.4) is 0 Å². The molecule has 0 unspecified atom stereocenters. The van der Waals surface area contributed by atoms with Crippen molar-refractivity contribution < 1.29 is 4.79 Å². The molecule has 1 amide bonds. The van der Waals surface area contributed by atoms with Gasteiger partial charge in [-0.3, -0.25) is 4.79 Å². The number of rotatable bonds is 4. The van der Waals surface area contributed by atoms with Gasteiger partial charge in [-0.15, -0.1) is 11.3 Å². The Hall–Kier alpha value is -3.18. The van der Waals surface area contributed by atoms with Crippen molar-refractivity contribution in [3.8, 4) is 11.3 Å². The van der Waals surface area contributed by atoms with Crippen LogP contribution in [0.1, 0.15) is 10.4 Å². The van der Waals surface area contributed by atoms with Gasteiger partial charge in [-0.05, 0) is 42.1 Å². The standard InChI is InChI=1S/C21H17N3OS/c1-15-6-4-12-24-14-19(23-21(15)24)17-8-2-3-9-18(17)22-20(25)11-10-16-7-5-13-26-16/h2-14H,1H3,(H,22,25)/b11-10+. The molecule has 0 fully saturated rings. The fourth-order valence-electron chi connectivity index (χ4n) is 2.82. The van der Waals surface area contributed by atoms with Crippen molar-refractivity contribution in [2.75, 3.05) is 5.32 Å². The van der Waals surface area contributed by atoms with E-state index in [0.29, 0.717) is 0 Å². The predicted molar refractivity (Wildman–Crippen MR) is 107 cm³/mol. The third kappa shape index (κ3) is 3.30. The van der Waals surface area contributed by atoms with Gasteiger partial charge in [-0.2, -0.15) is 0 Å². The summed E-state index contributed by atoms with van der Waals surface area (Å²) in [6, 6.07) is 15.7. The van der Waals surface area contributed by atoms with Gasteiger partial charge in [0, 0.05) is 28.9 Å². The lowest BCUT2D eigenvalue weighted by atomic mass is 10.1. The second-order valence-electron chi connectivity index (χ2n) is 5.93. The molecular formula is C21H17N3OS. The summed E-state index contributed by atoms with van der Waals surface area (Å²) in [7, 11) is 0. The van der Waals surface area contributed by atoms with E-state index in [-0.39, 0.29) is 5.91 Å². The number of fused-ring (bicyclic) bond motifs is 1. The van der Waals surface area contributed by atoms with E-state index < -0.39 is 0 Å². The van der Waals surface area contributed by atoms with Crippen LogP contribution in [0.2, 0.25) is 0 Å². The minimum atomic E-state index is -0.161. The minimum Gasteiger partial charge on any atom is -0.322 e. The van der Waals surface area contributed by atoms with Crippen molar-refractivity contribution >= 4 is 34.7 Å². The molecule has 0 bridgehead atoms. The molecule has 4 rings (SSSR count). The molecule has 5 heteroatoms. The van der Waals surface area contributed by atoms with Crippen LogP contribution in [0.15, 0.2) is 72.4 Å². The largest absolute Gasteiger partial charge is 0.322 e. The van der Waals surface area contributed by atoms with Crippen LogP contribution in [0.25, 0.3) is 23.0 Å². The lowest BCUT2D eigenvalue weighted by Gasteiger charge is -2.07. The highest BCUT2D eigenvalue weighted by Crippen LogP contribution is 2.28. The van der Waals surface area contributed by atoms with Gasteiger partial charge in [-0.1, -0.05) is 30.3 Å². The van der Waals surface area contributed by atoms with Crippen LogP contribution in [0.5, 0.6) is 0 Å². The summed E-state index contributed by atoms with van der Waals surface area (Å²) in [5.74, 6) is -0.161. The zero-order chi connectivity index (χ0) is 17.9. The Kier molecular flexibility index (Phi) is 4.37. The number of hydrogen-bond donors (Lipinski definition) is 1. The number of anilines is 1. The quantitative estimate of drug-likeness (QED) is 0.520. The van der Waals surface area contributed by atoms with Crippen LogP contribution < -0.4 is 5.32 Å². The number of benzene rings is 1. The van der Waals surface area contributed by atoms with Crippen LogP contribution in [0, 0.1) is 6.92 Å². The van der Waals surface area contributed by atoms with Crippen molar-refractivity contribution in [3.05, 3.63) is 82.8 Å². The maximum absolute atomic E-state index is 12.3. The smallest absolute Gasteiger partial charge is 0.248 e. The Morgan fingerprint density at radius 1 is 1.15 bits per heavy atom. The lowest BCUT2D eigenvalue weighted by Crippen LogP contribution is -2.08. The molecule has 4 aromatic rings. The van der Waals surface area contributed by atoms with Crippen molar-refractivity contribution in [3.63, 3.8) is 0 Å². The van der Waals surface area contributed by atoms with Gasteiger partial charge in [0.25, 0.3) is 0 Å². The molecule has 26 heavy (non-hydrogen) atoms. The van der Waals surface area contributed by atoms with Crippen LogP contribution in [0.4, 0.5) is 5.69 Å². The third-order valence-corrected chi connectivity index (χ3v) is 4.92. The molecule has 0 saturated heterocycles. The number of aromatic nitrogens is 2. The zero-order valence-electron chi connectivity index (χ0n) is 14.2. The Bertz CT molecular complexity index is 1090. The highest BCUT2D eigenvalue weighted by molar-refractivity contribution is 7.10. The van der Waals surface area contributed by atoms with Gasteiger partial charge in [0.1, 0.15) is 5.65 Å². The van der Waals surface area contributed by atoms with Crippen LogP contribution >= 0.6 is 11.3 Å². The van der Waals surface area contributed by atoms with E-state index in [1.165, 1.54) is 0 Å². The zero-order valence-corrected chi connectivity index (χ0v) is 15.0. The van der Waals surface area contributed by atoms with E-state index >= 15 is 0 Å². The average molecular weight is 359 g/mol. The van der Waals surface area contributed by atoms with E-state index in [1.54, 1.807) is 17.4 Å². The van der Waals surface area contributed by atoms with Crippen molar-refractivity contribution in [2.24, 2.45) is 0 Å². The molecular weight excluding hydrogens is 342 g/mol. The van der Waals surface area contributed by atoms with Crippen molar-refractivity contribution in [2.45, 2.75) is 6.92 Å². The monoisotopic (exact) mass is 359 g/mol. The molecule has 3 heterocycles. The van der Waals surface area contributed by atoms with Gasteiger partial charge in [0.2, 0.25) is 5.91 Å². The summed E-state index contributed by atoms with van der Waals surface area (Å²) in [5.41, 5.74) is 4.50. The number of carbonyl (C=O) groups excluding carboxylic acids is 1. The Balaban J connectivity index is 1.64. The summed E-state index contributed by atoms with van der Waals surface area (Å²) < 4.78 is 2.00. The summed E-state index contributed by atoms with van der Waals surface area (Å²) in [4.78, 5) is 18.1. The van der Waals surface area contributed by atoms with Gasteiger partial charge < -0.3 is 9.72 Å². The molecule has 0 aliphatic heterocycles. The fourth-order valence-corrected chi connectivity index (χ4v) is 3.44. The van der Waals surface area contributed by atoms with E-state index in [1.807, 2.05) is 83.7 Å². The summed E-state index contributed by atoms with van der Waals surface area (Å²) >= 11 is 1.60. The molecule has 3 aromatic heterocycles. The first kappa shape index (κ1) is 16.3. The Labute approximate surface area is 155 Å². The predicted octanol–water partition coefficient (Wildman–Crippen LogP) is 5.02. The average Bonchev–Trinajstić information content (AvgIpc) is 3.31. The minimum absolute atomic E-state index is 0.161. The second kappa shape index (κ2) is 6.98. The van der Waals surface area contributed by atoms with E-state index in [2.05, 4.69) is 5.32 Å². The van der Waals surface area contributed by atoms with Gasteiger partial charge in [0.15, 0.2) is 0 Å². The van der Waals surface area contributed by atoms with Gasteiger partial charge in [0.05, 0.1) is 11.4 Å². The van der Waals surface area contributed by atoms with Crippen LogP contribution in [-0.2, 0) is 4.79 Å². The number of nitrogens with one attached hydrogen (secondary N) is 1. The fraction of sp³-hybridized carbons (Fsp3) is 0.0476. The van der Waals surface area contributed by atoms with Crippen molar-refractivity contribution in [1.82, 2.24) is 9.38 Å². The number of imidazole rings is 1. The number of pyridine rings is 1. The first-order chi connectivity index (χ1) is 12.7. The number of nitrogens with zero attached hydrogens (tertiary/aromatic N) is 2. The number of aryl methyl sites for hydroxylation is 1. The number of thiophene rings is 1. The molecule has 0 aliphatic carbocycles. The highest BCUT2D eigenvalue weighted by Gasteiger charge is 2.11. The van der Waals surface area contributed by atoms with Gasteiger partial charge >= 0.3 is 0 Å². The molecule has 0 atom stereocenters. The molecule has 0 spiro atoms. The molecule has 1 aromatic carbocycles. The summed E-state index contributed by atoms with van der Waals surface area (Å²) in [6.45, 7) is 2.04. The number of hydrogen-bond acceptors (Lipinski definition) is 3. The van der Waals surface area contributed by atoms with Crippen molar-refractivity contribution in [1.29, 1.82) is 0 Å². The normalized spacial score (nSPS) is 11.3. The van der Waals surface area contributed by atoms with E-state index in [4.69, 9.17) is 4.98 Å². The Morgan fingerprint density at radius 3 is 2.85 bits per heavy atom. The molecule has 0 radical (unpaired) electrons. The number of para-hydroxylation sites is 1. The third-order valence-electron chi connectivity index (χ3n) is 4.08. The van der Waals surface area contributed by atoms with E-state index in [9.17, 15) is 4.79 Å². The molecule has 4 nitrogen and oxygen atoms in total. The maximum atomic E-state index is 12.3. The lowest BCUT2D eigenvalue weighted by molar-refractivity contribution is -0.111. The Morgan fingerprint density at radius 2 is 2.04 bits per heavy atom.